The number of benzene rings is 1. The summed E-state index contributed by atoms with van der Waals surface area (Å²) >= 11 is 1.43. The molecule has 0 aliphatic carbocycles. The van der Waals surface area contributed by atoms with Gasteiger partial charge in [-0.15, -0.1) is 11.3 Å². The summed E-state index contributed by atoms with van der Waals surface area (Å²) in [7, 11) is -3.96. The molecule has 0 radical (unpaired) electrons. The van der Waals surface area contributed by atoms with E-state index in [1.807, 2.05) is 5.38 Å². The van der Waals surface area contributed by atoms with Crippen molar-refractivity contribution in [3.63, 3.8) is 0 Å². The van der Waals surface area contributed by atoms with Crippen LogP contribution in [-0.2, 0) is 21.2 Å². The molecule has 2 aromatic heterocycles. The molecule has 1 N–H and O–H groups in total. The molecule has 0 fully saturated rings. The summed E-state index contributed by atoms with van der Waals surface area (Å²) in [6.07, 6.45) is 1.98. The van der Waals surface area contributed by atoms with Gasteiger partial charge < -0.3 is 0 Å². The number of rotatable bonds is 5. The van der Waals surface area contributed by atoms with E-state index in [4.69, 9.17) is 0 Å². The van der Waals surface area contributed by atoms with Gasteiger partial charge in [-0.1, -0.05) is 18.2 Å². The van der Waals surface area contributed by atoms with Crippen molar-refractivity contribution in [1.29, 1.82) is 0 Å². The zero-order chi connectivity index (χ0) is 16.3. The molecule has 0 unspecified atom stereocenters. The topological polar surface area (TPSA) is 89.0 Å². The number of aromatic nitrogens is 2. The number of sulfonamides is 1. The van der Waals surface area contributed by atoms with Gasteiger partial charge in [-0.05, 0) is 18.6 Å². The Morgan fingerprint density at radius 2 is 2.00 bits per heavy atom. The first-order valence-corrected chi connectivity index (χ1v) is 9.25. The normalized spacial score (nSPS) is 11.5. The predicted molar refractivity (Wildman–Crippen MR) is 87.5 cm³/mol. The Kier molecular flexibility index (Phi) is 4.35. The van der Waals surface area contributed by atoms with Crippen molar-refractivity contribution in [2.24, 2.45) is 0 Å². The van der Waals surface area contributed by atoms with Crippen LogP contribution in [0.4, 0.5) is 0 Å². The minimum Gasteiger partial charge on any atom is -0.274 e. The van der Waals surface area contributed by atoms with E-state index in [2.05, 4.69) is 14.7 Å². The largest absolute Gasteiger partial charge is 0.274 e. The number of amides is 1. The second-order valence-electron chi connectivity index (χ2n) is 4.84. The Morgan fingerprint density at radius 3 is 2.78 bits per heavy atom. The molecule has 2 heterocycles. The summed E-state index contributed by atoms with van der Waals surface area (Å²) in [6, 6.07) is 8.33. The number of nitrogens with one attached hydrogen (secondary N) is 1. The number of hydrogen-bond acceptors (Lipinski definition) is 6. The summed E-state index contributed by atoms with van der Waals surface area (Å²) in [5.41, 5.74) is 2.79. The van der Waals surface area contributed by atoms with Gasteiger partial charge in [0.15, 0.2) is 0 Å². The van der Waals surface area contributed by atoms with Crippen LogP contribution in [0.2, 0.25) is 0 Å². The molecule has 3 rings (SSSR count). The van der Waals surface area contributed by atoms with Crippen LogP contribution in [0.5, 0.6) is 0 Å². The average Bonchev–Trinajstić information content (AvgIpc) is 3.05. The minimum absolute atomic E-state index is 0.00221. The summed E-state index contributed by atoms with van der Waals surface area (Å²) < 4.78 is 27.0. The van der Waals surface area contributed by atoms with Crippen LogP contribution >= 0.6 is 11.3 Å². The fourth-order valence-corrected chi connectivity index (χ4v) is 3.94. The molecule has 118 valence electrons. The molecule has 23 heavy (non-hydrogen) atoms. The van der Waals surface area contributed by atoms with E-state index in [0.29, 0.717) is 17.3 Å². The molecule has 1 amide bonds. The van der Waals surface area contributed by atoms with Crippen LogP contribution in [0.3, 0.4) is 0 Å². The number of thiazole rings is 1. The van der Waals surface area contributed by atoms with Crippen molar-refractivity contribution in [3.8, 4) is 0 Å². The zero-order valence-electron chi connectivity index (χ0n) is 12.0. The quantitative estimate of drug-likeness (QED) is 0.764. The molecule has 1 aromatic carbocycles. The third-order valence-corrected chi connectivity index (χ3v) is 5.27. The van der Waals surface area contributed by atoms with Crippen molar-refractivity contribution in [2.75, 3.05) is 0 Å². The Labute approximate surface area is 137 Å². The van der Waals surface area contributed by atoms with Crippen LogP contribution in [0.25, 0.3) is 10.9 Å². The second-order valence-corrected chi connectivity index (χ2v) is 7.21. The zero-order valence-corrected chi connectivity index (χ0v) is 13.6. The van der Waals surface area contributed by atoms with E-state index in [0.717, 1.165) is 5.69 Å². The number of aryl methyl sites for hydroxylation is 1. The number of carbonyl (C=O) groups excluding carboxylic acids is 1. The van der Waals surface area contributed by atoms with Crippen LogP contribution in [0, 0.1) is 0 Å². The van der Waals surface area contributed by atoms with Gasteiger partial charge in [-0.3, -0.25) is 9.78 Å². The molecule has 0 aliphatic rings. The van der Waals surface area contributed by atoms with Crippen molar-refractivity contribution in [2.45, 2.75) is 17.7 Å². The lowest BCUT2D eigenvalue weighted by molar-refractivity contribution is -0.119. The Bertz CT molecular complexity index is 932. The molecule has 0 aliphatic heterocycles. The number of fused-ring (bicyclic) bond motifs is 1. The Morgan fingerprint density at radius 1 is 1.17 bits per heavy atom. The molecule has 3 aromatic rings. The first kappa shape index (κ1) is 15.6. The van der Waals surface area contributed by atoms with E-state index >= 15 is 0 Å². The van der Waals surface area contributed by atoms with E-state index in [1.54, 1.807) is 29.8 Å². The third kappa shape index (κ3) is 3.54. The smallest absolute Gasteiger partial charge is 0.266 e. The monoisotopic (exact) mass is 347 g/mol. The average molecular weight is 347 g/mol. The maximum Gasteiger partial charge on any atom is 0.266 e. The van der Waals surface area contributed by atoms with Crippen molar-refractivity contribution in [1.82, 2.24) is 14.7 Å². The highest BCUT2D eigenvalue weighted by Gasteiger charge is 2.20. The summed E-state index contributed by atoms with van der Waals surface area (Å²) in [4.78, 5) is 20.1. The highest BCUT2D eigenvalue weighted by Crippen LogP contribution is 2.20. The molecule has 8 heteroatoms. The Hall–Kier alpha value is -2.32. The lowest BCUT2D eigenvalue weighted by Crippen LogP contribution is -2.31. The first-order chi connectivity index (χ1) is 11.1. The lowest BCUT2D eigenvalue weighted by Gasteiger charge is -2.08. The summed E-state index contributed by atoms with van der Waals surface area (Å²) in [5.74, 6) is -0.564. The highest BCUT2D eigenvalue weighted by molar-refractivity contribution is 7.90. The van der Waals surface area contributed by atoms with E-state index in [-0.39, 0.29) is 11.3 Å². The maximum atomic E-state index is 12.4. The molecule has 0 saturated heterocycles. The van der Waals surface area contributed by atoms with Gasteiger partial charge >= 0.3 is 0 Å². The van der Waals surface area contributed by atoms with Gasteiger partial charge in [0.2, 0.25) is 5.91 Å². The van der Waals surface area contributed by atoms with Crippen molar-refractivity contribution in [3.05, 3.63) is 53.1 Å². The summed E-state index contributed by atoms with van der Waals surface area (Å²) in [5, 5.41) is 2.53. The number of pyridine rings is 1. The molecule has 6 nitrogen and oxygen atoms in total. The van der Waals surface area contributed by atoms with Crippen molar-refractivity contribution >= 4 is 38.2 Å². The highest BCUT2D eigenvalue weighted by atomic mass is 32.2. The third-order valence-electron chi connectivity index (χ3n) is 3.23. The van der Waals surface area contributed by atoms with Crippen LogP contribution < -0.4 is 4.72 Å². The fraction of sp³-hybridized carbons (Fsp3) is 0.133. The van der Waals surface area contributed by atoms with Gasteiger partial charge in [0.05, 0.1) is 16.7 Å². The number of nitrogens with zero attached hydrogens (tertiary/aromatic N) is 2. The number of para-hydroxylation sites is 1. The van der Waals surface area contributed by atoms with E-state index < -0.39 is 15.9 Å². The van der Waals surface area contributed by atoms with E-state index in [9.17, 15) is 13.2 Å². The SMILES string of the molecule is O=C(CCc1cscn1)NS(=O)(=O)c1cccc2cccnc12. The van der Waals surface area contributed by atoms with Crippen molar-refractivity contribution < 1.29 is 13.2 Å². The van der Waals surface area contributed by atoms with Gasteiger partial charge in [0, 0.05) is 23.4 Å². The van der Waals surface area contributed by atoms with Gasteiger partial charge in [0.1, 0.15) is 4.90 Å². The molecule has 0 spiro atoms. The van der Waals surface area contributed by atoms with E-state index in [1.165, 1.54) is 23.6 Å². The minimum atomic E-state index is -3.96. The van der Waals surface area contributed by atoms with Crippen LogP contribution in [0.15, 0.2) is 52.3 Å². The maximum absolute atomic E-state index is 12.4. The standard InChI is InChI=1S/C15H13N3O3S2/c19-14(7-6-12-9-22-10-17-12)18-23(20,21)13-5-1-3-11-4-2-8-16-15(11)13/h1-5,8-10H,6-7H2,(H,18,19). The molecule has 0 bridgehead atoms. The molecule has 0 atom stereocenters. The fourth-order valence-electron chi connectivity index (χ4n) is 2.15. The van der Waals surface area contributed by atoms with Crippen LogP contribution in [-0.4, -0.2) is 24.3 Å². The first-order valence-electron chi connectivity index (χ1n) is 6.83. The van der Waals surface area contributed by atoms with Gasteiger partial charge in [0.25, 0.3) is 10.0 Å². The second kappa shape index (κ2) is 6.43. The Balaban J connectivity index is 1.79. The van der Waals surface area contributed by atoms with Gasteiger partial charge in [-0.25, -0.2) is 18.1 Å². The number of hydrogen-bond donors (Lipinski definition) is 1. The number of carbonyl (C=O) groups is 1. The molecule has 0 saturated carbocycles. The molecular weight excluding hydrogens is 334 g/mol. The lowest BCUT2D eigenvalue weighted by atomic mass is 10.2. The predicted octanol–water partition coefficient (Wildman–Crippen LogP) is 2.13. The molecular formula is C15H13N3O3S2. The van der Waals surface area contributed by atoms with Crippen LogP contribution in [0.1, 0.15) is 12.1 Å². The van der Waals surface area contributed by atoms with Gasteiger partial charge in [-0.2, -0.15) is 0 Å². The summed E-state index contributed by atoms with van der Waals surface area (Å²) in [6.45, 7) is 0.